The molecule has 0 radical (unpaired) electrons. The van der Waals surface area contributed by atoms with Gasteiger partial charge in [-0.15, -0.1) is 0 Å². The highest BCUT2D eigenvalue weighted by Crippen LogP contribution is 2.40. The Morgan fingerprint density at radius 3 is 2.27 bits per heavy atom. The van der Waals surface area contributed by atoms with Gasteiger partial charge in [-0.2, -0.15) is 13.2 Å². The van der Waals surface area contributed by atoms with Gasteiger partial charge >= 0.3 is 12.1 Å². The summed E-state index contributed by atoms with van der Waals surface area (Å²) in [6.07, 6.45) is -4.43. The van der Waals surface area contributed by atoms with Gasteiger partial charge in [0.15, 0.2) is 0 Å². The maximum absolute atomic E-state index is 13.1. The lowest BCUT2D eigenvalue weighted by Gasteiger charge is -2.17. The molecular formula is C23H18BrF3O3. The molecule has 0 aromatic heterocycles. The summed E-state index contributed by atoms with van der Waals surface area (Å²) in [6, 6.07) is 13.9. The monoisotopic (exact) mass is 478 g/mol. The maximum Gasteiger partial charge on any atom is 0.416 e. The Balaban J connectivity index is 2.16. The number of rotatable bonds is 5. The van der Waals surface area contributed by atoms with Crippen molar-refractivity contribution >= 4 is 21.9 Å². The number of halogens is 4. The van der Waals surface area contributed by atoms with Crippen LogP contribution < -0.4 is 4.74 Å². The number of alkyl halides is 4. The molecule has 0 atom stereocenters. The number of hydrogen-bond acceptors (Lipinski definition) is 2. The zero-order valence-corrected chi connectivity index (χ0v) is 17.8. The second kappa shape index (κ2) is 8.52. The van der Waals surface area contributed by atoms with Gasteiger partial charge in [-0.3, -0.25) is 0 Å². The number of benzene rings is 3. The van der Waals surface area contributed by atoms with E-state index in [4.69, 9.17) is 9.84 Å². The van der Waals surface area contributed by atoms with Crippen molar-refractivity contribution in [1.82, 2.24) is 0 Å². The molecule has 0 saturated carbocycles. The molecule has 0 aliphatic heterocycles. The first-order valence-corrected chi connectivity index (χ1v) is 10.1. The first-order valence-electron chi connectivity index (χ1n) is 8.94. The minimum atomic E-state index is -4.43. The molecular weight excluding hydrogens is 461 g/mol. The molecule has 3 nitrogen and oxygen atoms in total. The van der Waals surface area contributed by atoms with Crippen LogP contribution in [-0.4, -0.2) is 18.2 Å². The van der Waals surface area contributed by atoms with E-state index in [0.29, 0.717) is 22.4 Å². The number of carboxylic acids is 1. The summed E-state index contributed by atoms with van der Waals surface area (Å²) in [7, 11) is 1.50. The first kappa shape index (κ1) is 21.9. The number of aromatic carboxylic acids is 1. The van der Waals surface area contributed by atoms with Gasteiger partial charge in [0.25, 0.3) is 0 Å². The van der Waals surface area contributed by atoms with Crippen molar-refractivity contribution in [3.05, 3.63) is 76.9 Å². The molecule has 0 amide bonds. The number of carbonyl (C=O) groups is 1. The van der Waals surface area contributed by atoms with Crippen LogP contribution in [0, 0.1) is 6.92 Å². The Morgan fingerprint density at radius 1 is 1.00 bits per heavy atom. The SMILES string of the molecule is COc1ccc(-c2ccc(C(=O)O)cc2C)cc1-c1ccc(C(F)(F)F)cc1CBr. The van der Waals surface area contributed by atoms with Gasteiger partial charge in [0.1, 0.15) is 5.75 Å². The Labute approximate surface area is 180 Å². The van der Waals surface area contributed by atoms with Crippen molar-refractivity contribution in [3.63, 3.8) is 0 Å². The summed E-state index contributed by atoms with van der Waals surface area (Å²) in [6.45, 7) is 1.81. The second-order valence-corrected chi connectivity index (χ2v) is 7.31. The molecule has 0 heterocycles. The standard InChI is InChI=1S/C23H18BrF3O3/c1-13-9-15(22(28)29)3-6-18(13)14-4-8-21(30-2)20(11-14)19-7-5-17(23(25,26)27)10-16(19)12-24/h3-11H,12H2,1-2H3,(H,28,29). The lowest BCUT2D eigenvalue weighted by Crippen LogP contribution is -2.06. The zero-order valence-electron chi connectivity index (χ0n) is 16.2. The third-order valence-corrected chi connectivity index (χ3v) is 5.45. The highest BCUT2D eigenvalue weighted by atomic mass is 79.9. The van der Waals surface area contributed by atoms with Gasteiger partial charge in [-0.1, -0.05) is 34.1 Å². The summed E-state index contributed by atoms with van der Waals surface area (Å²) in [4.78, 5) is 11.2. The smallest absolute Gasteiger partial charge is 0.416 e. The van der Waals surface area contributed by atoms with E-state index in [1.54, 1.807) is 18.2 Å². The molecule has 30 heavy (non-hydrogen) atoms. The van der Waals surface area contributed by atoms with Crippen molar-refractivity contribution in [2.24, 2.45) is 0 Å². The van der Waals surface area contributed by atoms with E-state index in [-0.39, 0.29) is 10.9 Å². The van der Waals surface area contributed by atoms with Crippen LogP contribution in [0.2, 0.25) is 0 Å². The van der Waals surface area contributed by atoms with Gasteiger partial charge in [0.05, 0.1) is 18.2 Å². The van der Waals surface area contributed by atoms with Crippen molar-refractivity contribution in [2.45, 2.75) is 18.4 Å². The fourth-order valence-electron chi connectivity index (χ4n) is 3.35. The minimum Gasteiger partial charge on any atom is -0.496 e. The summed E-state index contributed by atoms with van der Waals surface area (Å²) in [5, 5.41) is 9.41. The average molecular weight is 479 g/mol. The van der Waals surface area contributed by atoms with Gasteiger partial charge in [-0.25, -0.2) is 4.79 Å². The summed E-state index contributed by atoms with van der Waals surface area (Å²) < 4.78 is 44.8. The first-order chi connectivity index (χ1) is 14.2. The molecule has 0 aliphatic carbocycles. The molecule has 0 fully saturated rings. The molecule has 3 aromatic rings. The Hall–Kier alpha value is -2.80. The molecule has 3 aromatic carbocycles. The molecule has 0 bridgehead atoms. The fourth-order valence-corrected chi connectivity index (χ4v) is 3.81. The third kappa shape index (κ3) is 4.36. The number of methoxy groups -OCH3 is 1. The van der Waals surface area contributed by atoms with Gasteiger partial charge in [-0.05, 0) is 71.1 Å². The molecule has 156 valence electrons. The largest absolute Gasteiger partial charge is 0.496 e. The number of aryl methyl sites for hydroxylation is 1. The van der Waals surface area contributed by atoms with Crippen molar-refractivity contribution in [1.29, 1.82) is 0 Å². The van der Waals surface area contributed by atoms with Crippen LogP contribution in [0.3, 0.4) is 0 Å². The number of carboxylic acid groups (broad SMARTS) is 1. The topological polar surface area (TPSA) is 46.5 Å². The van der Waals surface area contributed by atoms with Crippen molar-refractivity contribution in [2.75, 3.05) is 7.11 Å². The molecule has 7 heteroatoms. The summed E-state index contributed by atoms with van der Waals surface area (Å²) in [5.74, 6) is -0.479. The molecule has 1 N–H and O–H groups in total. The highest BCUT2D eigenvalue weighted by Gasteiger charge is 2.31. The zero-order chi connectivity index (χ0) is 22.1. The number of ether oxygens (including phenoxy) is 1. The minimum absolute atomic E-state index is 0.189. The Morgan fingerprint density at radius 2 is 1.70 bits per heavy atom. The molecule has 3 rings (SSSR count). The lowest BCUT2D eigenvalue weighted by atomic mass is 9.92. The van der Waals surface area contributed by atoms with Gasteiger partial charge < -0.3 is 9.84 Å². The third-order valence-electron chi connectivity index (χ3n) is 4.85. The fraction of sp³-hybridized carbons (Fsp3) is 0.174. The van der Waals surface area contributed by atoms with Crippen LogP contribution in [0.15, 0.2) is 54.6 Å². The van der Waals surface area contributed by atoms with Crippen molar-refractivity contribution < 1.29 is 27.8 Å². The predicted molar refractivity (Wildman–Crippen MR) is 113 cm³/mol. The molecule has 0 spiro atoms. The van der Waals surface area contributed by atoms with E-state index >= 15 is 0 Å². The van der Waals surface area contributed by atoms with E-state index in [2.05, 4.69) is 15.9 Å². The van der Waals surface area contributed by atoms with Crippen LogP contribution in [0.4, 0.5) is 13.2 Å². The van der Waals surface area contributed by atoms with Crippen molar-refractivity contribution in [3.8, 4) is 28.0 Å². The van der Waals surface area contributed by atoms with E-state index in [1.165, 1.54) is 19.2 Å². The van der Waals surface area contributed by atoms with E-state index in [9.17, 15) is 18.0 Å². The summed E-state index contributed by atoms with van der Waals surface area (Å²) in [5.41, 5.74) is 3.65. The van der Waals surface area contributed by atoms with Gasteiger partial charge in [0.2, 0.25) is 0 Å². The molecule has 0 saturated heterocycles. The quantitative estimate of drug-likeness (QED) is 0.403. The second-order valence-electron chi connectivity index (χ2n) is 6.75. The summed E-state index contributed by atoms with van der Waals surface area (Å²) >= 11 is 3.29. The molecule has 0 unspecified atom stereocenters. The van der Waals surface area contributed by atoms with Gasteiger partial charge in [0, 0.05) is 10.9 Å². The van der Waals surface area contributed by atoms with E-state index < -0.39 is 17.7 Å². The Kier molecular flexibility index (Phi) is 6.22. The Bertz CT molecular complexity index is 1110. The van der Waals surface area contributed by atoms with E-state index in [1.807, 2.05) is 19.1 Å². The molecule has 0 aliphatic rings. The average Bonchev–Trinajstić information content (AvgIpc) is 2.72. The number of hydrogen-bond donors (Lipinski definition) is 1. The van der Waals surface area contributed by atoms with Crippen LogP contribution >= 0.6 is 15.9 Å². The van der Waals surface area contributed by atoms with E-state index in [0.717, 1.165) is 28.8 Å². The van der Waals surface area contributed by atoms with Crippen LogP contribution in [0.25, 0.3) is 22.3 Å². The predicted octanol–water partition coefficient (Wildman–Crippen LogP) is 6.95. The lowest BCUT2D eigenvalue weighted by molar-refractivity contribution is -0.137. The maximum atomic E-state index is 13.1. The normalized spacial score (nSPS) is 11.4. The van der Waals surface area contributed by atoms with Crippen LogP contribution in [0.1, 0.15) is 27.0 Å². The highest BCUT2D eigenvalue weighted by molar-refractivity contribution is 9.08. The van der Waals surface area contributed by atoms with Crippen LogP contribution in [0.5, 0.6) is 5.75 Å². The van der Waals surface area contributed by atoms with Crippen LogP contribution in [-0.2, 0) is 11.5 Å².